The summed E-state index contributed by atoms with van der Waals surface area (Å²) in [4.78, 5) is 16.0. The standard InChI is InChI=1S/C21H14F6N8/c1-2-6-28-16-8-12(21(25,26)27)17(35-34-16)14-10-31-18-13(5-7-29-19(18)33-14)32-15-4-3-11(9-30-15)20(22,23)24/h2-5,7-10H,1,6H2,(H,28,34)(H,29,30,32,33). The van der Waals surface area contributed by atoms with Crippen LogP contribution in [-0.4, -0.2) is 36.7 Å². The average molecular weight is 492 g/mol. The molecular weight excluding hydrogens is 478 g/mol. The fraction of sp³-hybridized carbons (Fsp3) is 0.143. The molecule has 0 atom stereocenters. The van der Waals surface area contributed by atoms with Gasteiger partial charge < -0.3 is 10.6 Å². The van der Waals surface area contributed by atoms with Crippen LogP contribution in [0.3, 0.4) is 0 Å². The molecule has 0 fully saturated rings. The van der Waals surface area contributed by atoms with Gasteiger partial charge in [-0.3, -0.25) is 0 Å². The van der Waals surface area contributed by atoms with Gasteiger partial charge in [-0.1, -0.05) is 6.08 Å². The Labute approximate surface area is 193 Å². The second kappa shape index (κ2) is 9.12. The van der Waals surface area contributed by atoms with Crippen molar-refractivity contribution in [3.8, 4) is 11.4 Å². The van der Waals surface area contributed by atoms with Crippen LogP contribution in [0.1, 0.15) is 11.1 Å². The van der Waals surface area contributed by atoms with Gasteiger partial charge >= 0.3 is 12.4 Å². The van der Waals surface area contributed by atoms with Gasteiger partial charge in [-0.15, -0.1) is 16.8 Å². The maximum absolute atomic E-state index is 13.7. The molecule has 0 radical (unpaired) electrons. The number of rotatable bonds is 6. The number of halogens is 6. The van der Waals surface area contributed by atoms with Gasteiger partial charge in [0.15, 0.2) is 5.65 Å². The first kappa shape index (κ1) is 23.8. The highest BCUT2D eigenvalue weighted by molar-refractivity contribution is 5.87. The van der Waals surface area contributed by atoms with E-state index in [1.54, 1.807) is 0 Å². The van der Waals surface area contributed by atoms with Crippen molar-refractivity contribution in [1.29, 1.82) is 0 Å². The van der Waals surface area contributed by atoms with E-state index in [1.807, 2.05) is 0 Å². The molecule has 4 heterocycles. The van der Waals surface area contributed by atoms with Gasteiger partial charge in [0.1, 0.15) is 28.5 Å². The molecule has 0 aliphatic carbocycles. The van der Waals surface area contributed by atoms with E-state index in [-0.39, 0.29) is 40.7 Å². The SMILES string of the molecule is C=CCNc1cc(C(F)(F)F)c(-c2cnc3c(Nc4ccc(C(F)(F)F)cn4)ccnc3n2)nn1. The molecule has 4 aromatic heterocycles. The quantitative estimate of drug-likeness (QED) is 0.278. The average Bonchev–Trinajstić information content (AvgIpc) is 2.81. The molecule has 8 nitrogen and oxygen atoms in total. The number of nitrogens with zero attached hydrogens (tertiary/aromatic N) is 6. The third-order valence-electron chi connectivity index (χ3n) is 4.57. The second-order valence-electron chi connectivity index (χ2n) is 7.00. The summed E-state index contributed by atoms with van der Waals surface area (Å²) in [5.41, 5.74) is -2.33. The Hall–Kier alpha value is -4.36. The number of nitrogens with one attached hydrogen (secondary N) is 2. The zero-order chi connectivity index (χ0) is 25.2. The Morgan fingerprint density at radius 2 is 1.69 bits per heavy atom. The van der Waals surface area contributed by atoms with Gasteiger partial charge in [-0.05, 0) is 24.3 Å². The summed E-state index contributed by atoms with van der Waals surface area (Å²) in [6.45, 7) is 3.66. The third kappa shape index (κ3) is 5.26. The zero-order valence-corrected chi connectivity index (χ0v) is 17.5. The fourth-order valence-corrected chi connectivity index (χ4v) is 2.97. The van der Waals surface area contributed by atoms with E-state index in [2.05, 4.69) is 47.3 Å². The molecule has 0 amide bonds. The van der Waals surface area contributed by atoms with Crippen LogP contribution in [0.15, 0.2) is 55.5 Å². The lowest BCUT2D eigenvalue weighted by Gasteiger charge is -2.13. The lowest BCUT2D eigenvalue weighted by molar-refractivity contribution is -0.138. The molecule has 0 unspecified atom stereocenters. The number of hydrogen-bond acceptors (Lipinski definition) is 8. The number of alkyl halides is 6. The first-order chi connectivity index (χ1) is 16.6. The van der Waals surface area contributed by atoms with Crippen molar-refractivity contribution in [1.82, 2.24) is 30.1 Å². The van der Waals surface area contributed by atoms with Crippen molar-refractivity contribution >= 4 is 28.5 Å². The summed E-state index contributed by atoms with van der Waals surface area (Å²) < 4.78 is 79.3. The van der Waals surface area contributed by atoms with E-state index in [0.717, 1.165) is 24.4 Å². The molecule has 35 heavy (non-hydrogen) atoms. The van der Waals surface area contributed by atoms with Gasteiger partial charge in [0.25, 0.3) is 0 Å². The smallest absolute Gasteiger partial charge is 0.365 e. The van der Waals surface area contributed by atoms with Gasteiger partial charge in [0.05, 0.1) is 23.0 Å². The van der Waals surface area contributed by atoms with E-state index < -0.39 is 29.2 Å². The third-order valence-corrected chi connectivity index (χ3v) is 4.57. The zero-order valence-electron chi connectivity index (χ0n) is 17.5. The topological polar surface area (TPSA) is 101 Å². The molecule has 180 valence electrons. The Bertz CT molecular complexity index is 1370. The van der Waals surface area contributed by atoms with E-state index in [0.29, 0.717) is 6.20 Å². The Kier molecular flexibility index (Phi) is 6.20. The number of aromatic nitrogens is 6. The Balaban J connectivity index is 1.69. The van der Waals surface area contributed by atoms with Crippen LogP contribution in [-0.2, 0) is 12.4 Å². The van der Waals surface area contributed by atoms with Crippen LogP contribution in [0.2, 0.25) is 0 Å². The molecule has 4 aromatic rings. The van der Waals surface area contributed by atoms with Gasteiger partial charge in [-0.25, -0.2) is 19.9 Å². The van der Waals surface area contributed by atoms with Gasteiger partial charge in [-0.2, -0.15) is 26.3 Å². The lowest BCUT2D eigenvalue weighted by atomic mass is 10.1. The minimum Gasteiger partial charge on any atom is -0.365 e. The van der Waals surface area contributed by atoms with Crippen molar-refractivity contribution < 1.29 is 26.3 Å². The van der Waals surface area contributed by atoms with Crippen molar-refractivity contribution in [3.63, 3.8) is 0 Å². The Morgan fingerprint density at radius 1 is 0.886 bits per heavy atom. The molecule has 14 heteroatoms. The summed E-state index contributed by atoms with van der Waals surface area (Å²) in [7, 11) is 0. The predicted octanol–water partition coefficient (Wildman–Crippen LogP) is 5.26. The van der Waals surface area contributed by atoms with Crippen LogP contribution in [0.25, 0.3) is 22.6 Å². The van der Waals surface area contributed by atoms with Gasteiger partial charge in [0, 0.05) is 18.9 Å². The molecule has 0 saturated heterocycles. The molecule has 0 aliphatic rings. The highest BCUT2D eigenvalue weighted by Crippen LogP contribution is 2.36. The molecule has 0 saturated carbocycles. The van der Waals surface area contributed by atoms with Crippen LogP contribution >= 0.6 is 0 Å². The summed E-state index contributed by atoms with van der Waals surface area (Å²) >= 11 is 0. The molecule has 0 aliphatic heterocycles. The van der Waals surface area contributed by atoms with Crippen molar-refractivity contribution in [3.05, 3.63) is 66.6 Å². The Morgan fingerprint density at radius 3 is 2.34 bits per heavy atom. The van der Waals surface area contributed by atoms with E-state index in [9.17, 15) is 26.3 Å². The number of anilines is 3. The maximum atomic E-state index is 13.7. The predicted molar refractivity (Wildman–Crippen MR) is 115 cm³/mol. The highest BCUT2D eigenvalue weighted by Gasteiger charge is 2.36. The van der Waals surface area contributed by atoms with Crippen LogP contribution in [0.5, 0.6) is 0 Å². The minimum atomic E-state index is -4.75. The first-order valence-electron chi connectivity index (χ1n) is 9.78. The highest BCUT2D eigenvalue weighted by atomic mass is 19.4. The molecule has 4 rings (SSSR count). The number of hydrogen-bond donors (Lipinski definition) is 2. The fourth-order valence-electron chi connectivity index (χ4n) is 2.97. The summed E-state index contributed by atoms with van der Waals surface area (Å²) in [6.07, 6.45) is -4.78. The first-order valence-corrected chi connectivity index (χ1v) is 9.78. The normalized spacial score (nSPS) is 11.9. The number of pyridine rings is 2. The minimum absolute atomic E-state index is 0.0248. The van der Waals surface area contributed by atoms with E-state index in [4.69, 9.17) is 0 Å². The molecule has 2 N–H and O–H groups in total. The van der Waals surface area contributed by atoms with Crippen molar-refractivity contribution in [2.75, 3.05) is 17.2 Å². The second-order valence-corrected chi connectivity index (χ2v) is 7.00. The van der Waals surface area contributed by atoms with Crippen molar-refractivity contribution in [2.45, 2.75) is 12.4 Å². The summed E-state index contributed by atoms with van der Waals surface area (Å²) in [5, 5.41) is 12.9. The maximum Gasteiger partial charge on any atom is 0.418 e. The van der Waals surface area contributed by atoms with Crippen LogP contribution < -0.4 is 10.6 Å². The summed E-state index contributed by atoms with van der Waals surface area (Å²) in [6, 6.07) is 4.26. The van der Waals surface area contributed by atoms with E-state index in [1.165, 1.54) is 18.3 Å². The van der Waals surface area contributed by atoms with Crippen molar-refractivity contribution in [2.24, 2.45) is 0 Å². The molecular formula is C21H14F6N8. The largest absolute Gasteiger partial charge is 0.418 e. The van der Waals surface area contributed by atoms with Gasteiger partial charge in [0.2, 0.25) is 0 Å². The molecule has 0 spiro atoms. The van der Waals surface area contributed by atoms with E-state index >= 15 is 0 Å². The van der Waals surface area contributed by atoms with Crippen LogP contribution in [0, 0.1) is 0 Å². The molecule has 0 aromatic carbocycles. The number of fused-ring (bicyclic) bond motifs is 1. The monoisotopic (exact) mass is 492 g/mol. The lowest BCUT2D eigenvalue weighted by Crippen LogP contribution is -2.13. The molecule has 0 bridgehead atoms. The van der Waals surface area contributed by atoms with Crippen LogP contribution in [0.4, 0.5) is 43.7 Å². The summed E-state index contributed by atoms with van der Waals surface area (Å²) in [5.74, 6) is -0.00686.